The molecule has 0 bridgehead atoms. The summed E-state index contributed by atoms with van der Waals surface area (Å²) in [5, 5.41) is 2.85. The summed E-state index contributed by atoms with van der Waals surface area (Å²) in [4.78, 5) is 11.8. The van der Waals surface area contributed by atoms with Crippen LogP contribution in [0.5, 0.6) is 0 Å². The molecule has 3 rings (SSSR count). The summed E-state index contributed by atoms with van der Waals surface area (Å²) < 4.78 is 5.72. The van der Waals surface area contributed by atoms with Crippen LogP contribution in [-0.2, 0) is 11.3 Å². The molecule has 1 N–H and O–H groups in total. The van der Waals surface area contributed by atoms with Crippen molar-refractivity contribution in [2.24, 2.45) is 5.92 Å². The van der Waals surface area contributed by atoms with E-state index in [0.717, 1.165) is 23.0 Å². The van der Waals surface area contributed by atoms with Crippen LogP contribution in [0.4, 0.5) is 0 Å². The van der Waals surface area contributed by atoms with Crippen LogP contribution >= 0.6 is 0 Å². The van der Waals surface area contributed by atoms with Crippen molar-refractivity contribution in [2.75, 3.05) is 0 Å². The molecule has 1 heterocycles. The number of hydrogen-bond acceptors (Lipinski definition) is 2. The van der Waals surface area contributed by atoms with Gasteiger partial charge < -0.3 is 9.73 Å². The molecule has 1 fully saturated rings. The minimum absolute atomic E-state index is 0.114. The first kappa shape index (κ1) is 13.7. The molecule has 0 spiro atoms. The summed E-state index contributed by atoms with van der Waals surface area (Å²) in [5.41, 5.74) is 1.09. The molecule has 2 aromatic rings. The fraction of sp³-hybridized carbons (Fsp3) is 0.278. The van der Waals surface area contributed by atoms with E-state index >= 15 is 0 Å². The highest BCUT2D eigenvalue weighted by atomic mass is 16.3. The lowest BCUT2D eigenvalue weighted by Gasteiger charge is -2.01. The third-order valence-corrected chi connectivity index (χ3v) is 3.83. The van der Waals surface area contributed by atoms with E-state index in [4.69, 9.17) is 4.42 Å². The molecule has 0 aliphatic heterocycles. The van der Waals surface area contributed by atoms with Gasteiger partial charge in [-0.2, -0.15) is 0 Å². The Balaban J connectivity index is 1.51. The molecule has 0 saturated heterocycles. The third-order valence-electron chi connectivity index (χ3n) is 3.83. The molecular formula is C18H19NO2. The number of furan rings is 1. The second kappa shape index (κ2) is 6.00. The van der Waals surface area contributed by atoms with Crippen LogP contribution < -0.4 is 5.32 Å². The van der Waals surface area contributed by atoms with Crippen LogP contribution in [0.3, 0.4) is 0 Å². The highest BCUT2D eigenvalue weighted by Gasteiger charge is 2.36. The Morgan fingerprint density at radius 3 is 2.76 bits per heavy atom. The van der Waals surface area contributed by atoms with Gasteiger partial charge in [0.1, 0.15) is 11.5 Å². The van der Waals surface area contributed by atoms with Gasteiger partial charge in [0.15, 0.2) is 0 Å². The Bertz CT molecular complexity index is 642. The van der Waals surface area contributed by atoms with Crippen molar-refractivity contribution in [2.45, 2.75) is 25.8 Å². The maximum Gasteiger partial charge on any atom is 0.244 e. The molecule has 1 amide bonds. The van der Waals surface area contributed by atoms with Crippen molar-refractivity contribution in [3.63, 3.8) is 0 Å². The Morgan fingerprint density at radius 1 is 1.29 bits per heavy atom. The van der Waals surface area contributed by atoms with Gasteiger partial charge in [-0.3, -0.25) is 4.79 Å². The normalized spacial score (nSPS) is 20.6. The van der Waals surface area contributed by atoms with Gasteiger partial charge in [0, 0.05) is 18.5 Å². The average molecular weight is 281 g/mol. The number of benzene rings is 1. The predicted octanol–water partition coefficient (Wildman–Crippen LogP) is 3.73. The lowest BCUT2D eigenvalue weighted by molar-refractivity contribution is -0.116. The van der Waals surface area contributed by atoms with Gasteiger partial charge in [0.25, 0.3) is 0 Å². The van der Waals surface area contributed by atoms with E-state index in [1.807, 2.05) is 42.5 Å². The fourth-order valence-corrected chi connectivity index (χ4v) is 2.38. The number of carbonyl (C=O) groups excluding carboxylic acids is 1. The van der Waals surface area contributed by atoms with E-state index in [-0.39, 0.29) is 5.91 Å². The zero-order chi connectivity index (χ0) is 14.7. The second-order valence-electron chi connectivity index (χ2n) is 5.60. The first-order valence-corrected chi connectivity index (χ1v) is 7.32. The summed E-state index contributed by atoms with van der Waals surface area (Å²) in [5.74, 6) is 2.95. The topological polar surface area (TPSA) is 42.2 Å². The molecule has 1 aliphatic rings. The number of nitrogens with one attached hydrogen (secondary N) is 1. The van der Waals surface area contributed by atoms with E-state index in [1.165, 1.54) is 12.5 Å². The lowest BCUT2D eigenvalue weighted by Crippen LogP contribution is -2.20. The van der Waals surface area contributed by atoms with Crippen molar-refractivity contribution >= 4 is 12.0 Å². The quantitative estimate of drug-likeness (QED) is 0.848. The van der Waals surface area contributed by atoms with Crippen LogP contribution in [0.1, 0.15) is 36.3 Å². The molecule has 108 valence electrons. The molecule has 1 aromatic heterocycles. The molecular weight excluding hydrogens is 262 g/mol. The van der Waals surface area contributed by atoms with Crippen LogP contribution in [0, 0.1) is 5.92 Å². The summed E-state index contributed by atoms with van der Waals surface area (Å²) in [6.45, 7) is 2.76. The van der Waals surface area contributed by atoms with E-state index < -0.39 is 0 Å². The summed E-state index contributed by atoms with van der Waals surface area (Å²) >= 11 is 0. The van der Waals surface area contributed by atoms with Gasteiger partial charge in [-0.1, -0.05) is 37.3 Å². The number of hydrogen-bond donors (Lipinski definition) is 1. The Morgan fingerprint density at radius 2 is 2.05 bits per heavy atom. The fourth-order valence-electron chi connectivity index (χ4n) is 2.38. The van der Waals surface area contributed by atoms with Crippen molar-refractivity contribution in [1.29, 1.82) is 0 Å². The van der Waals surface area contributed by atoms with Crippen molar-refractivity contribution in [1.82, 2.24) is 5.32 Å². The predicted molar refractivity (Wildman–Crippen MR) is 82.6 cm³/mol. The minimum Gasteiger partial charge on any atom is -0.461 e. The monoisotopic (exact) mass is 281 g/mol. The van der Waals surface area contributed by atoms with Crippen molar-refractivity contribution in [3.05, 3.63) is 65.6 Å². The van der Waals surface area contributed by atoms with Crippen molar-refractivity contribution < 1.29 is 9.21 Å². The maximum absolute atomic E-state index is 11.8. The highest BCUT2D eigenvalue weighted by molar-refractivity contribution is 5.91. The largest absolute Gasteiger partial charge is 0.461 e. The van der Waals surface area contributed by atoms with E-state index in [1.54, 1.807) is 6.08 Å². The first-order valence-electron chi connectivity index (χ1n) is 7.32. The summed E-state index contributed by atoms with van der Waals surface area (Å²) in [7, 11) is 0. The molecule has 1 saturated carbocycles. The first-order chi connectivity index (χ1) is 10.2. The summed E-state index contributed by atoms with van der Waals surface area (Å²) in [6.07, 6.45) is 4.44. The SMILES string of the molecule is CC1CC1c1ccc(/C=C/C(=O)NCc2ccccc2)o1. The van der Waals surface area contributed by atoms with Gasteiger partial charge in [0.05, 0.1) is 0 Å². The number of rotatable bonds is 5. The van der Waals surface area contributed by atoms with Gasteiger partial charge in [0.2, 0.25) is 5.91 Å². The van der Waals surface area contributed by atoms with Gasteiger partial charge in [-0.25, -0.2) is 0 Å². The average Bonchev–Trinajstić information content (AvgIpc) is 3.05. The standard InChI is InChI=1S/C18H19NO2/c1-13-11-16(13)17-9-7-15(21-17)8-10-18(20)19-12-14-5-3-2-4-6-14/h2-10,13,16H,11-12H2,1H3,(H,19,20)/b10-8+. The number of amides is 1. The maximum atomic E-state index is 11.8. The van der Waals surface area contributed by atoms with Crippen molar-refractivity contribution in [3.8, 4) is 0 Å². The number of carbonyl (C=O) groups is 1. The summed E-state index contributed by atoms with van der Waals surface area (Å²) in [6, 6.07) is 13.8. The molecule has 21 heavy (non-hydrogen) atoms. The van der Waals surface area contributed by atoms with E-state index in [0.29, 0.717) is 12.5 Å². The smallest absolute Gasteiger partial charge is 0.244 e. The zero-order valence-corrected chi connectivity index (χ0v) is 12.1. The van der Waals surface area contributed by atoms with E-state index in [2.05, 4.69) is 12.2 Å². The molecule has 1 aliphatic carbocycles. The Labute approximate surface area is 124 Å². The molecule has 3 heteroatoms. The van der Waals surface area contributed by atoms with Crippen LogP contribution in [-0.4, -0.2) is 5.91 Å². The van der Waals surface area contributed by atoms with Crippen LogP contribution in [0.2, 0.25) is 0 Å². The van der Waals surface area contributed by atoms with E-state index in [9.17, 15) is 4.79 Å². The molecule has 2 unspecified atom stereocenters. The molecule has 3 nitrogen and oxygen atoms in total. The Kier molecular flexibility index (Phi) is 3.91. The molecule has 0 radical (unpaired) electrons. The zero-order valence-electron chi connectivity index (χ0n) is 12.1. The minimum atomic E-state index is -0.114. The second-order valence-corrected chi connectivity index (χ2v) is 5.60. The van der Waals surface area contributed by atoms with Gasteiger partial charge in [-0.05, 0) is 36.1 Å². The highest BCUT2D eigenvalue weighted by Crippen LogP contribution is 2.47. The van der Waals surface area contributed by atoms with Crippen LogP contribution in [0.15, 0.2) is 53.0 Å². The van der Waals surface area contributed by atoms with Gasteiger partial charge in [-0.15, -0.1) is 0 Å². The molecule has 2 atom stereocenters. The van der Waals surface area contributed by atoms with Crippen LogP contribution in [0.25, 0.3) is 6.08 Å². The Hall–Kier alpha value is -2.29. The molecule has 1 aromatic carbocycles. The third kappa shape index (κ3) is 3.63. The van der Waals surface area contributed by atoms with Gasteiger partial charge >= 0.3 is 0 Å². The lowest BCUT2D eigenvalue weighted by atomic mass is 10.2.